The molecule has 5 nitrogen and oxygen atoms in total. The van der Waals surface area contributed by atoms with Crippen molar-refractivity contribution < 1.29 is 4.74 Å². The SMILES string of the molecule is Cn1cnc(CCNCC2COc3ccccc32)n1. The number of hydrogen-bond acceptors (Lipinski definition) is 4. The number of hydrogen-bond donors (Lipinski definition) is 1. The lowest BCUT2D eigenvalue weighted by molar-refractivity contribution is 0.326. The maximum Gasteiger partial charge on any atom is 0.151 e. The number of aryl methyl sites for hydroxylation is 1. The summed E-state index contributed by atoms with van der Waals surface area (Å²) < 4.78 is 7.39. The van der Waals surface area contributed by atoms with Crippen LogP contribution >= 0.6 is 0 Å². The molecule has 0 bridgehead atoms. The Kier molecular flexibility index (Phi) is 3.46. The monoisotopic (exact) mass is 258 g/mol. The van der Waals surface area contributed by atoms with Gasteiger partial charge in [-0.25, -0.2) is 4.98 Å². The molecule has 0 aliphatic carbocycles. The second-order valence-electron chi connectivity index (χ2n) is 4.83. The van der Waals surface area contributed by atoms with Crippen LogP contribution in [-0.4, -0.2) is 34.5 Å². The van der Waals surface area contributed by atoms with Crippen molar-refractivity contribution in [1.82, 2.24) is 20.1 Å². The van der Waals surface area contributed by atoms with E-state index in [0.29, 0.717) is 5.92 Å². The van der Waals surface area contributed by atoms with Gasteiger partial charge in [-0.2, -0.15) is 5.10 Å². The Bertz CT molecular complexity index is 552. The van der Waals surface area contributed by atoms with Crippen molar-refractivity contribution in [2.24, 2.45) is 7.05 Å². The number of ether oxygens (including phenoxy) is 1. The summed E-state index contributed by atoms with van der Waals surface area (Å²) >= 11 is 0. The third kappa shape index (κ3) is 2.76. The summed E-state index contributed by atoms with van der Waals surface area (Å²) in [6.45, 7) is 2.60. The zero-order valence-corrected chi connectivity index (χ0v) is 11.0. The van der Waals surface area contributed by atoms with Crippen molar-refractivity contribution in [2.45, 2.75) is 12.3 Å². The number of nitrogens with zero attached hydrogens (tertiary/aromatic N) is 3. The first-order chi connectivity index (χ1) is 9.33. The van der Waals surface area contributed by atoms with Crippen LogP contribution in [0.25, 0.3) is 0 Å². The Balaban J connectivity index is 1.46. The Morgan fingerprint density at radius 2 is 2.32 bits per heavy atom. The lowest BCUT2D eigenvalue weighted by Crippen LogP contribution is -2.24. The molecule has 19 heavy (non-hydrogen) atoms. The van der Waals surface area contributed by atoms with E-state index in [1.807, 2.05) is 19.2 Å². The molecular formula is C14H18N4O. The summed E-state index contributed by atoms with van der Waals surface area (Å²) in [5.41, 5.74) is 1.31. The number of para-hydroxylation sites is 1. The Morgan fingerprint density at radius 1 is 1.42 bits per heavy atom. The quantitative estimate of drug-likeness (QED) is 0.817. The Labute approximate surface area is 112 Å². The van der Waals surface area contributed by atoms with Gasteiger partial charge >= 0.3 is 0 Å². The van der Waals surface area contributed by atoms with E-state index in [9.17, 15) is 0 Å². The second-order valence-corrected chi connectivity index (χ2v) is 4.83. The van der Waals surface area contributed by atoms with E-state index in [1.54, 1.807) is 11.0 Å². The van der Waals surface area contributed by atoms with Gasteiger partial charge in [-0.1, -0.05) is 18.2 Å². The van der Waals surface area contributed by atoms with E-state index in [2.05, 4.69) is 27.5 Å². The molecule has 0 saturated heterocycles. The average Bonchev–Trinajstić information content (AvgIpc) is 3.02. The molecule has 0 spiro atoms. The Morgan fingerprint density at radius 3 is 3.16 bits per heavy atom. The highest BCUT2D eigenvalue weighted by molar-refractivity contribution is 5.39. The molecule has 1 aliphatic heterocycles. The third-order valence-electron chi connectivity index (χ3n) is 3.36. The third-order valence-corrected chi connectivity index (χ3v) is 3.36. The van der Waals surface area contributed by atoms with Gasteiger partial charge in [0.1, 0.15) is 12.1 Å². The van der Waals surface area contributed by atoms with Gasteiger partial charge in [0, 0.05) is 38.0 Å². The number of nitrogens with one attached hydrogen (secondary N) is 1. The number of fused-ring (bicyclic) bond motifs is 1. The lowest BCUT2D eigenvalue weighted by Gasteiger charge is -2.09. The molecule has 1 atom stereocenters. The van der Waals surface area contributed by atoms with Gasteiger partial charge in [0.05, 0.1) is 6.61 Å². The van der Waals surface area contributed by atoms with Crippen LogP contribution in [0.2, 0.25) is 0 Å². The molecule has 2 aromatic rings. The van der Waals surface area contributed by atoms with Crippen LogP contribution in [0.4, 0.5) is 0 Å². The summed E-state index contributed by atoms with van der Waals surface area (Å²) in [6.07, 6.45) is 2.59. The van der Waals surface area contributed by atoms with Crippen LogP contribution in [-0.2, 0) is 13.5 Å². The fourth-order valence-electron chi connectivity index (χ4n) is 2.37. The van der Waals surface area contributed by atoms with Crippen molar-refractivity contribution in [3.8, 4) is 5.75 Å². The van der Waals surface area contributed by atoms with Crippen molar-refractivity contribution in [1.29, 1.82) is 0 Å². The molecule has 3 rings (SSSR count). The summed E-state index contributed by atoms with van der Waals surface area (Å²) in [6, 6.07) is 8.27. The molecule has 1 aliphatic rings. The zero-order valence-electron chi connectivity index (χ0n) is 11.0. The van der Waals surface area contributed by atoms with E-state index < -0.39 is 0 Å². The maximum atomic E-state index is 5.66. The van der Waals surface area contributed by atoms with Gasteiger partial charge < -0.3 is 10.1 Å². The van der Waals surface area contributed by atoms with E-state index in [0.717, 1.165) is 37.7 Å². The normalized spacial score (nSPS) is 17.2. The minimum absolute atomic E-state index is 0.452. The average molecular weight is 258 g/mol. The van der Waals surface area contributed by atoms with Crippen LogP contribution in [0, 0.1) is 0 Å². The van der Waals surface area contributed by atoms with E-state index in [-0.39, 0.29) is 0 Å². The van der Waals surface area contributed by atoms with Gasteiger partial charge in [0.15, 0.2) is 5.82 Å². The number of aromatic nitrogens is 3. The minimum Gasteiger partial charge on any atom is -0.493 e. The largest absolute Gasteiger partial charge is 0.493 e. The van der Waals surface area contributed by atoms with Crippen molar-refractivity contribution in [3.05, 3.63) is 42.0 Å². The molecule has 5 heteroatoms. The van der Waals surface area contributed by atoms with Gasteiger partial charge in [-0.15, -0.1) is 0 Å². The lowest BCUT2D eigenvalue weighted by atomic mass is 10.0. The number of benzene rings is 1. The predicted octanol–water partition coefficient (Wildman–Crippen LogP) is 1.12. The first-order valence-corrected chi connectivity index (χ1v) is 6.60. The summed E-state index contributed by atoms with van der Waals surface area (Å²) in [4.78, 5) is 4.21. The molecule has 1 N–H and O–H groups in total. The molecule has 0 fully saturated rings. The van der Waals surface area contributed by atoms with Crippen molar-refractivity contribution in [2.75, 3.05) is 19.7 Å². The minimum atomic E-state index is 0.452. The molecule has 1 aromatic carbocycles. The maximum absolute atomic E-state index is 5.66. The predicted molar refractivity (Wildman–Crippen MR) is 72.3 cm³/mol. The zero-order chi connectivity index (χ0) is 13.1. The highest BCUT2D eigenvalue weighted by atomic mass is 16.5. The van der Waals surface area contributed by atoms with Crippen molar-refractivity contribution in [3.63, 3.8) is 0 Å². The van der Waals surface area contributed by atoms with Crippen LogP contribution in [0.15, 0.2) is 30.6 Å². The molecular weight excluding hydrogens is 240 g/mol. The first-order valence-electron chi connectivity index (χ1n) is 6.60. The molecule has 2 heterocycles. The highest BCUT2D eigenvalue weighted by Gasteiger charge is 2.22. The van der Waals surface area contributed by atoms with Crippen LogP contribution in [0.5, 0.6) is 5.75 Å². The smallest absolute Gasteiger partial charge is 0.151 e. The molecule has 0 radical (unpaired) electrons. The van der Waals surface area contributed by atoms with E-state index in [1.165, 1.54) is 5.56 Å². The van der Waals surface area contributed by atoms with E-state index in [4.69, 9.17) is 4.74 Å². The fraction of sp³-hybridized carbons (Fsp3) is 0.429. The summed E-state index contributed by atoms with van der Waals surface area (Å²) in [5.74, 6) is 2.37. The molecule has 1 unspecified atom stereocenters. The van der Waals surface area contributed by atoms with Gasteiger partial charge in [0.2, 0.25) is 0 Å². The van der Waals surface area contributed by atoms with Gasteiger partial charge in [-0.3, -0.25) is 4.68 Å². The Hall–Kier alpha value is -1.88. The highest BCUT2D eigenvalue weighted by Crippen LogP contribution is 2.32. The standard InChI is InChI=1S/C14H18N4O/c1-18-10-16-14(17-18)6-7-15-8-11-9-19-13-5-3-2-4-12(11)13/h2-5,10-11,15H,6-9H2,1H3. The second kappa shape index (κ2) is 5.40. The summed E-state index contributed by atoms with van der Waals surface area (Å²) in [5, 5.41) is 7.71. The van der Waals surface area contributed by atoms with Gasteiger partial charge in [0.25, 0.3) is 0 Å². The molecule has 100 valence electrons. The molecule has 0 amide bonds. The first kappa shape index (κ1) is 12.2. The van der Waals surface area contributed by atoms with Crippen LogP contribution in [0.3, 0.4) is 0 Å². The van der Waals surface area contributed by atoms with Crippen LogP contribution < -0.4 is 10.1 Å². The topological polar surface area (TPSA) is 52.0 Å². The molecule has 1 aromatic heterocycles. The number of rotatable bonds is 5. The van der Waals surface area contributed by atoms with Crippen LogP contribution in [0.1, 0.15) is 17.3 Å². The van der Waals surface area contributed by atoms with Crippen molar-refractivity contribution >= 4 is 0 Å². The fourth-order valence-corrected chi connectivity index (χ4v) is 2.37. The van der Waals surface area contributed by atoms with Gasteiger partial charge in [-0.05, 0) is 6.07 Å². The summed E-state index contributed by atoms with van der Waals surface area (Å²) in [7, 11) is 1.89. The molecule has 0 saturated carbocycles. The van der Waals surface area contributed by atoms with E-state index >= 15 is 0 Å².